The number of benzene rings is 2. The molecule has 4 heteroatoms. The van der Waals surface area contributed by atoms with Crippen molar-refractivity contribution in [2.75, 3.05) is 13.1 Å². The standard InChI is InChI=1S/C20H19NO3/c22-17-7-5-14(6-8-17)15-9-11-21(12-10-15)20(23)19-13-16-3-1-2-4-18(16)24-19/h1-8,13,15,22H,9-12H2. The molecule has 1 aliphatic heterocycles. The third-order valence-electron chi connectivity index (χ3n) is 4.78. The summed E-state index contributed by atoms with van der Waals surface area (Å²) in [4.78, 5) is 14.5. The smallest absolute Gasteiger partial charge is 0.289 e. The molecule has 0 aliphatic carbocycles. The van der Waals surface area contributed by atoms with Gasteiger partial charge in [0.25, 0.3) is 5.91 Å². The summed E-state index contributed by atoms with van der Waals surface area (Å²) in [6.07, 6.45) is 1.85. The first-order chi connectivity index (χ1) is 11.7. The van der Waals surface area contributed by atoms with Gasteiger partial charge in [0, 0.05) is 18.5 Å². The molecule has 1 saturated heterocycles. The maximum absolute atomic E-state index is 12.7. The van der Waals surface area contributed by atoms with Gasteiger partial charge in [-0.3, -0.25) is 4.79 Å². The van der Waals surface area contributed by atoms with Crippen LogP contribution in [0.3, 0.4) is 0 Å². The zero-order valence-corrected chi connectivity index (χ0v) is 13.3. The van der Waals surface area contributed by atoms with Crippen LogP contribution in [-0.4, -0.2) is 29.0 Å². The number of amides is 1. The lowest BCUT2D eigenvalue weighted by Gasteiger charge is -2.31. The van der Waals surface area contributed by atoms with Crippen LogP contribution >= 0.6 is 0 Å². The van der Waals surface area contributed by atoms with E-state index in [-0.39, 0.29) is 11.7 Å². The molecule has 3 aromatic rings. The normalized spacial score (nSPS) is 15.8. The van der Waals surface area contributed by atoms with Crippen LogP contribution in [0.2, 0.25) is 0 Å². The summed E-state index contributed by atoms with van der Waals surface area (Å²) in [5, 5.41) is 10.4. The molecule has 0 atom stereocenters. The highest BCUT2D eigenvalue weighted by Crippen LogP contribution is 2.30. The number of hydrogen-bond donors (Lipinski definition) is 1. The number of para-hydroxylation sites is 1. The molecule has 0 unspecified atom stereocenters. The van der Waals surface area contributed by atoms with Crippen LogP contribution in [0.5, 0.6) is 5.75 Å². The minimum Gasteiger partial charge on any atom is -0.508 e. The van der Waals surface area contributed by atoms with Crippen molar-refractivity contribution >= 4 is 16.9 Å². The van der Waals surface area contributed by atoms with Crippen LogP contribution in [-0.2, 0) is 0 Å². The molecule has 0 spiro atoms. The molecule has 1 amide bonds. The Morgan fingerprint density at radius 3 is 2.46 bits per heavy atom. The number of phenols is 1. The average molecular weight is 321 g/mol. The Labute approximate surface area is 140 Å². The molecule has 0 bridgehead atoms. The van der Waals surface area contributed by atoms with Gasteiger partial charge in [0.1, 0.15) is 11.3 Å². The second-order valence-corrected chi connectivity index (χ2v) is 6.31. The average Bonchev–Trinajstić information content (AvgIpc) is 3.06. The minimum atomic E-state index is -0.0321. The first-order valence-corrected chi connectivity index (χ1v) is 8.27. The Bertz CT molecular complexity index is 825. The molecule has 1 aliphatic rings. The lowest BCUT2D eigenvalue weighted by atomic mass is 9.89. The number of piperidine rings is 1. The van der Waals surface area contributed by atoms with Crippen molar-refractivity contribution in [1.29, 1.82) is 0 Å². The zero-order valence-electron chi connectivity index (χ0n) is 13.3. The van der Waals surface area contributed by atoms with Gasteiger partial charge in [0.05, 0.1) is 0 Å². The highest BCUT2D eigenvalue weighted by atomic mass is 16.3. The number of carbonyl (C=O) groups excluding carboxylic acids is 1. The predicted octanol–water partition coefficient (Wildman–Crippen LogP) is 4.16. The lowest BCUT2D eigenvalue weighted by Crippen LogP contribution is -2.37. The van der Waals surface area contributed by atoms with E-state index in [1.807, 2.05) is 47.4 Å². The van der Waals surface area contributed by atoms with Crippen molar-refractivity contribution in [3.8, 4) is 5.75 Å². The number of rotatable bonds is 2. The summed E-state index contributed by atoms with van der Waals surface area (Å²) < 4.78 is 5.69. The molecule has 24 heavy (non-hydrogen) atoms. The number of phenolic OH excluding ortho intramolecular Hbond substituents is 1. The molecular weight excluding hydrogens is 302 g/mol. The Morgan fingerprint density at radius 1 is 1.04 bits per heavy atom. The first-order valence-electron chi connectivity index (χ1n) is 8.27. The second-order valence-electron chi connectivity index (χ2n) is 6.31. The quantitative estimate of drug-likeness (QED) is 0.771. The van der Waals surface area contributed by atoms with Crippen molar-refractivity contribution in [2.24, 2.45) is 0 Å². The summed E-state index contributed by atoms with van der Waals surface area (Å²) in [7, 11) is 0. The first kappa shape index (κ1) is 14.8. The number of likely N-dealkylation sites (tertiary alicyclic amines) is 1. The highest BCUT2D eigenvalue weighted by Gasteiger charge is 2.26. The van der Waals surface area contributed by atoms with Crippen LogP contribution in [0, 0.1) is 0 Å². The molecular formula is C20H19NO3. The fraction of sp³-hybridized carbons (Fsp3) is 0.250. The van der Waals surface area contributed by atoms with E-state index in [9.17, 15) is 9.90 Å². The molecule has 1 aromatic heterocycles. The van der Waals surface area contributed by atoms with E-state index in [1.165, 1.54) is 5.56 Å². The summed E-state index contributed by atoms with van der Waals surface area (Å²) in [5.41, 5.74) is 1.98. The maximum atomic E-state index is 12.7. The summed E-state index contributed by atoms with van der Waals surface area (Å²) in [5.74, 6) is 1.11. The molecule has 1 fully saturated rings. The van der Waals surface area contributed by atoms with E-state index in [0.29, 0.717) is 11.7 Å². The third kappa shape index (κ3) is 2.75. The fourth-order valence-electron chi connectivity index (χ4n) is 3.41. The number of carbonyl (C=O) groups is 1. The van der Waals surface area contributed by atoms with Crippen molar-refractivity contribution in [3.05, 3.63) is 65.9 Å². The van der Waals surface area contributed by atoms with Gasteiger partial charge in [-0.2, -0.15) is 0 Å². The largest absolute Gasteiger partial charge is 0.508 e. The minimum absolute atomic E-state index is 0.0321. The number of hydrogen-bond acceptors (Lipinski definition) is 3. The molecule has 2 heterocycles. The monoisotopic (exact) mass is 321 g/mol. The van der Waals surface area contributed by atoms with Gasteiger partial charge in [-0.1, -0.05) is 30.3 Å². The molecule has 0 saturated carbocycles. The van der Waals surface area contributed by atoms with Gasteiger partial charge in [-0.05, 0) is 48.6 Å². The van der Waals surface area contributed by atoms with E-state index in [4.69, 9.17) is 4.42 Å². The van der Waals surface area contributed by atoms with Crippen LogP contribution < -0.4 is 0 Å². The van der Waals surface area contributed by atoms with Gasteiger partial charge in [0.15, 0.2) is 5.76 Å². The highest BCUT2D eigenvalue weighted by molar-refractivity contribution is 5.96. The number of furan rings is 1. The molecule has 122 valence electrons. The van der Waals surface area contributed by atoms with Crippen molar-refractivity contribution in [2.45, 2.75) is 18.8 Å². The topological polar surface area (TPSA) is 53.7 Å². The van der Waals surface area contributed by atoms with Crippen LogP contribution in [0.1, 0.15) is 34.9 Å². The van der Waals surface area contributed by atoms with E-state index < -0.39 is 0 Å². The summed E-state index contributed by atoms with van der Waals surface area (Å²) >= 11 is 0. The molecule has 2 aromatic carbocycles. The molecule has 1 N–H and O–H groups in total. The molecule has 0 radical (unpaired) electrons. The second kappa shape index (κ2) is 6.04. The van der Waals surface area contributed by atoms with E-state index >= 15 is 0 Å². The van der Waals surface area contributed by atoms with Crippen molar-refractivity contribution in [1.82, 2.24) is 4.90 Å². The fourth-order valence-corrected chi connectivity index (χ4v) is 3.41. The number of nitrogens with zero attached hydrogens (tertiary/aromatic N) is 1. The van der Waals surface area contributed by atoms with Gasteiger partial charge in [-0.15, -0.1) is 0 Å². The molecule has 4 rings (SSSR count). The Morgan fingerprint density at radius 2 is 1.75 bits per heavy atom. The van der Waals surface area contributed by atoms with Gasteiger partial charge in [0.2, 0.25) is 0 Å². The summed E-state index contributed by atoms with van der Waals surface area (Å²) in [6, 6.07) is 16.9. The van der Waals surface area contributed by atoms with Crippen LogP contribution in [0.25, 0.3) is 11.0 Å². The van der Waals surface area contributed by atoms with Crippen molar-refractivity contribution < 1.29 is 14.3 Å². The van der Waals surface area contributed by atoms with E-state index in [0.717, 1.165) is 36.9 Å². The van der Waals surface area contributed by atoms with E-state index in [1.54, 1.807) is 12.1 Å². The van der Waals surface area contributed by atoms with Crippen LogP contribution in [0.15, 0.2) is 59.0 Å². The Kier molecular flexibility index (Phi) is 3.73. The van der Waals surface area contributed by atoms with Gasteiger partial charge in [-0.25, -0.2) is 0 Å². The van der Waals surface area contributed by atoms with Crippen LogP contribution in [0.4, 0.5) is 0 Å². The SMILES string of the molecule is O=C(c1cc2ccccc2o1)N1CCC(c2ccc(O)cc2)CC1. The number of fused-ring (bicyclic) bond motifs is 1. The van der Waals surface area contributed by atoms with E-state index in [2.05, 4.69) is 0 Å². The lowest BCUT2D eigenvalue weighted by molar-refractivity contribution is 0.0683. The zero-order chi connectivity index (χ0) is 16.5. The van der Waals surface area contributed by atoms with Gasteiger partial charge < -0.3 is 14.4 Å². The maximum Gasteiger partial charge on any atom is 0.289 e. The number of aromatic hydroxyl groups is 1. The van der Waals surface area contributed by atoms with Gasteiger partial charge >= 0.3 is 0 Å². The summed E-state index contributed by atoms with van der Waals surface area (Å²) in [6.45, 7) is 1.45. The Balaban J connectivity index is 1.45. The Hall–Kier alpha value is -2.75. The predicted molar refractivity (Wildman–Crippen MR) is 92.2 cm³/mol. The third-order valence-corrected chi connectivity index (χ3v) is 4.78. The molecule has 4 nitrogen and oxygen atoms in total. The van der Waals surface area contributed by atoms with Crippen molar-refractivity contribution in [3.63, 3.8) is 0 Å².